The Balaban J connectivity index is 2.32. The van der Waals surface area contributed by atoms with Crippen molar-refractivity contribution in [3.8, 4) is 0 Å². The summed E-state index contributed by atoms with van der Waals surface area (Å²) >= 11 is 5.81. The van der Waals surface area contributed by atoms with E-state index in [1.54, 1.807) is 0 Å². The lowest BCUT2D eigenvalue weighted by atomic mass is 10.3. The molecule has 14 heavy (non-hydrogen) atoms. The standard InChI is InChI=1S/C8H9ClN4O/c9-7-8(12-2-1-11-7)13-4-5(10)3-6(13)14/h1-2,5H,3-4,10H2. The molecule has 1 atom stereocenters. The van der Waals surface area contributed by atoms with Gasteiger partial charge in [0.1, 0.15) is 0 Å². The minimum atomic E-state index is -0.138. The van der Waals surface area contributed by atoms with Crippen LogP contribution >= 0.6 is 11.6 Å². The summed E-state index contributed by atoms with van der Waals surface area (Å²) in [7, 11) is 0. The quantitative estimate of drug-likeness (QED) is 0.722. The molecule has 74 valence electrons. The van der Waals surface area contributed by atoms with Gasteiger partial charge in [0.05, 0.1) is 0 Å². The molecule has 1 unspecified atom stereocenters. The number of carbonyl (C=O) groups is 1. The molecule has 1 amide bonds. The molecule has 1 aliphatic heterocycles. The fraction of sp³-hybridized carbons (Fsp3) is 0.375. The summed E-state index contributed by atoms with van der Waals surface area (Å²) in [5.74, 6) is 0.340. The van der Waals surface area contributed by atoms with Crippen LogP contribution in [0.15, 0.2) is 12.4 Å². The van der Waals surface area contributed by atoms with Crippen LogP contribution in [0.4, 0.5) is 5.82 Å². The number of aromatic nitrogens is 2. The van der Waals surface area contributed by atoms with E-state index in [4.69, 9.17) is 17.3 Å². The van der Waals surface area contributed by atoms with Crippen molar-refractivity contribution in [1.82, 2.24) is 9.97 Å². The molecule has 0 spiro atoms. The van der Waals surface area contributed by atoms with Gasteiger partial charge in [-0.3, -0.25) is 9.69 Å². The molecule has 1 aromatic rings. The first kappa shape index (κ1) is 9.36. The van der Waals surface area contributed by atoms with E-state index in [0.717, 1.165) is 0 Å². The Morgan fingerprint density at radius 1 is 1.50 bits per heavy atom. The van der Waals surface area contributed by atoms with E-state index in [2.05, 4.69) is 9.97 Å². The first-order chi connectivity index (χ1) is 6.68. The topological polar surface area (TPSA) is 72.1 Å². The minimum Gasteiger partial charge on any atom is -0.326 e. The highest BCUT2D eigenvalue weighted by Crippen LogP contribution is 2.24. The Hall–Kier alpha value is -1.20. The molecule has 1 saturated heterocycles. The number of hydrogen-bond donors (Lipinski definition) is 1. The second-order valence-corrected chi connectivity index (χ2v) is 3.50. The first-order valence-corrected chi connectivity index (χ1v) is 4.58. The highest BCUT2D eigenvalue weighted by Gasteiger charge is 2.30. The van der Waals surface area contributed by atoms with Crippen LogP contribution in [0.25, 0.3) is 0 Å². The van der Waals surface area contributed by atoms with Gasteiger partial charge >= 0.3 is 0 Å². The first-order valence-electron chi connectivity index (χ1n) is 4.21. The number of rotatable bonds is 1. The van der Waals surface area contributed by atoms with Crippen LogP contribution in [0.2, 0.25) is 5.15 Å². The summed E-state index contributed by atoms with van der Waals surface area (Å²) in [6, 6.07) is -0.138. The third-order valence-electron chi connectivity index (χ3n) is 2.05. The average Bonchev–Trinajstić information content (AvgIpc) is 2.46. The van der Waals surface area contributed by atoms with Crippen LogP contribution < -0.4 is 10.6 Å². The average molecular weight is 213 g/mol. The van der Waals surface area contributed by atoms with Crippen molar-refractivity contribution < 1.29 is 4.79 Å². The van der Waals surface area contributed by atoms with Crippen molar-refractivity contribution >= 4 is 23.3 Å². The molecule has 0 aromatic carbocycles. The summed E-state index contributed by atoms with van der Waals surface area (Å²) in [4.78, 5) is 20.8. The zero-order valence-corrected chi connectivity index (χ0v) is 8.11. The maximum absolute atomic E-state index is 11.5. The Bertz CT molecular complexity index is 370. The van der Waals surface area contributed by atoms with Gasteiger partial charge in [-0.1, -0.05) is 11.6 Å². The van der Waals surface area contributed by atoms with Crippen molar-refractivity contribution in [3.63, 3.8) is 0 Å². The van der Waals surface area contributed by atoms with Gasteiger partial charge in [-0.05, 0) is 0 Å². The molecule has 0 aliphatic carbocycles. The normalized spacial score (nSPS) is 21.7. The molecular weight excluding hydrogens is 204 g/mol. The molecule has 2 heterocycles. The molecule has 2 N–H and O–H groups in total. The Morgan fingerprint density at radius 3 is 2.79 bits per heavy atom. The Kier molecular flexibility index (Phi) is 2.35. The van der Waals surface area contributed by atoms with Crippen molar-refractivity contribution in [2.45, 2.75) is 12.5 Å². The smallest absolute Gasteiger partial charge is 0.229 e. The lowest BCUT2D eigenvalue weighted by Gasteiger charge is -2.14. The molecule has 0 bridgehead atoms. The Morgan fingerprint density at radius 2 is 2.21 bits per heavy atom. The molecule has 2 rings (SSSR count). The van der Waals surface area contributed by atoms with Crippen LogP contribution in [-0.4, -0.2) is 28.5 Å². The zero-order valence-electron chi connectivity index (χ0n) is 7.35. The molecule has 1 aromatic heterocycles. The molecule has 1 fully saturated rings. The second-order valence-electron chi connectivity index (χ2n) is 3.14. The number of carbonyl (C=O) groups excluding carboxylic acids is 1. The van der Waals surface area contributed by atoms with Crippen LogP contribution in [0.1, 0.15) is 6.42 Å². The molecule has 0 radical (unpaired) electrons. The van der Waals surface area contributed by atoms with E-state index in [0.29, 0.717) is 18.8 Å². The van der Waals surface area contributed by atoms with Crippen molar-refractivity contribution in [3.05, 3.63) is 17.5 Å². The molecule has 0 saturated carbocycles. The number of nitrogens with two attached hydrogens (primary N) is 1. The monoisotopic (exact) mass is 212 g/mol. The van der Waals surface area contributed by atoms with Gasteiger partial charge in [-0.25, -0.2) is 9.97 Å². The van der Waals surface area contributed by atoms with E-state index in [1.165, 1.54) is 17.3 Å². The second kappa shape index (κ2) is 3.51. The maximum Gasteiger partial charge on any atom is 0.229 e. The number of anilines is 1. The maximum atomic E-state index is 11.5. The van der Waals surface area contributed by atoms with E-state index in [9.17, 15) is 4.79 Å². The predicted octanol–water partition coefficient (Wildman–Crippen LogP) is 0.194. The van der Waals surface area contributed by atoms with E-state index in [-0.39, 0.29) is 17.1 Å². The number of nitrogens with zero attached hydrogens (tertiary/aromatic N) is 3. The van der Waals surface area contributed by atoms with Gasteiger partial charge in [0, 0.05) is 31.4 Å². The third kappa shape index (κ3) is 1.56. The SMILES string of the molecule is NC1CC(=O)N(c2nccnc2Cl)C1. The summed E-state index contributed by atoms with van der Waals surface area (Å²) in [5, 5.41) is 0.231. The number of hydrogen-bond acceptors (Lipinski definition) is 4. The minimum absolute atomic E-state index is 0.0556. The summed E-state index contributed by atoms with van der Waals surface area (Å²) in [5.41, 5.74) is 5.65. The van der Waals surface area contributed by atoms with Gasteiger partial charge in [0.25, 0.3) is 0 Å². The van der Waals surface area contributed by atoms with E-state index in [1.807, 2.05) is 0 Å². The van der Waals surface area contributed by atoms with Gasteiger partial charge in [-0.15, -0.1) is 0 Å². The van der Waals surface area contributed by atoms with Crippen molar-refractivity contribution in [2.24, 2.45) is 5.73 Å². The lowest BCUT2D eigenvalue weighted by molar-refractivity contribution is -0.117. The fourth-order valence-corrected chi connectivity index (χ4v) is 1.64. The van der Waals surface area contributed by atoms with Crippen LogP contribution in [-0.2, 0) is 4.79 Å². The van der Waals surface area contributed by atoms with Crippen LogP contribution in [0.5, 0.6) is 0 Å². The molecule has 1 aliphatic rings. The summed E-state index contributed by atoms with van der Waals surface area (Å²) in [6.07, 6.45) is 3.32. The molecule has 6 heteroatoms. The summed E-state index contributed by atoms with van der Waals surface area (Å²) < 4.78 is 0. The lowest BCUT2D eigenvalue weighted by Crippen LogP contribution is -2.29. The van der Waals surface area contributed by atoms with E-state index >= 15 is 0 Å². The largest absolute Gasteiger partial charge is 0.326 e. The van der Waals surface area contributed by atoms with Crippen molar-refractivity contribution in [1.29, 1.82) is 0 Å². The third-order valence-corrected chi connectivity index (χ3v) is 2.31. The Labute approximate surface area is 85.9 Å². The molecule has 5 nitrogen and oxygen atoms in total. The predicted molar refractivity (Wildman–Crippen MR) is 52.0 cm³/mol. The van der Waals surface area contributed by atoms with Gasteiger partial charge in [-0.2, -0.15) is 0 Å². The number of halogens is 1. The van der Waals surface area contributed by atoms with Gasteiger partial charge in [0.2, 0.25) is 5.91 Å². The van der Waals surface area contributed by atoms with Crippen LogP contribution in [0.3, 0.4) is 0 Å². The van der Waals surface area contributed by atoms with E-state index < -0.39 is 0 Å². The van der Waals surface area contributed by atoms with Crippen LogP contribution in [0, 0.1) is 0 Å². The fourth-order valence-electron chi connectivity index (χ4n) is 1.43. The zero-order chi connectivity index (χ0) is 10.1. The van der Waals surface area contributed by atoms with Gasteiger partial charge in [0.15, 0.2) is 11.0 Å². The highest BCUT2D eigenvalue weighted by atomic mass is 35.5. The van der Waals surface area contributed by atoms with Crippen molar-refractivity contribution in [2.75, 3.05) is 11.4 Å². The highest BCUT2D eigenvalue weighted by molar-refractivity contribution is 6.32. The summed E-state index contributed by atoms with van der Waals surface area (Å²) in [6.45, 7) is 0.456. The number of amides is 1. The van der Waals surface area contributed by atoms with Gasteiger partial charge < -0.3 is 5.73 Å². The molecular formula is C8H9ClN4O.